The molecule has 56 heavy (non-hydrogen) atoms. The van der Waals surface area contributed by atoms with E-state index in [1.807, 2.05) is 36.4 Å². The number of rotatable bonds is 5. The standard InChI is InChI=1S/C51H37N5/c1-31-15-19-38-39-20-16-32(2)24-46(39)55(45(38)23-31)49-27-37(51-53-43(35-11-7-5-8-12-35)29-44(54-51)36-13-9-6-10-14-36)28-50(42(49)30-52)56-47-25-33(3)17-21-40(47)41-22-18-34(4)26-48(41)56/h5-29H,1-4H3. The van der Waals surface area contributed by atoms with Crippen LogP contribution in [0.3, 0.4) is 0 Å². The van der Waals surface area contributed by atoms with Crippen molar-refractivity contribution in [3.63, 3.8) is 0 Å². The molecule has 266 valence electrons. The number of benzene rings is 7. The Labute approximate surface area is 325 Å². The van der Waals surface area contributed by atoms with Crippen LogP contribution in [-0.2, 0) is 0 Å². The Morgan fingerprint density at radius 1 is 0.411 bits per heavy atom. The van der Waals surface area contributed by atoms with Crippen LogP contribution in [0, 0.1) is 39.0 Å². The summed E-state index contributed by atoms with van der Waals surface area (Å²) in [6, 6.07) is 55.9. The highest BCUT2D eigenvalue weighted by Gasteiger charge is 2.24. The van der Waals surface area contributed by atoms with Crippen LogP contribution in [0.25, 0.3) is 88.9 Å². The zero-order chi connectivity index (χ0) is 38.1. The van der Waals surface area contributed by atoms with Gasteiger partial charge in [-0.1, -0.05) is 109 Å². The van der Waals surface area contributed by atoms with Crippen molar-refractivity contribution in [3.05, 3.63) is 179 Å². The van der Waals surface area contributed by atoms with Gasteiger partial charge >= 0.3 is 0 Å². The minimum absolute atomic E-state index is 0.569. The molecule has 0 radical (unpaired) electrons. The van der Waals surface area contributed by atoms with Gasteiger partial charge in [0, 0.05) is 38.2 Å². The van der Waals surface area contributed by atoms with Crippen LogP contribution in [0.15, 0.2) is 152 Å². The number of aryl methyl sites for hydroxylation is 4. The number of nitriles is 1. The van der Waals surface area contributed by atoms with Crippen LogP contribution in [0.5, 0.6) is 0 Å². The van der Waals surface area contributed by atoms with Crippen molar-refractivity contribution in [1.29, 1.82) is 5.26 Å². The first-order chi connectivity index (χ1) is 27.3. The molecule has 5 nitrogen and oxygen atoms in total. The van der Waals surface area contributed by atoms with Gasteiger partial charge < -0.3 is 9.13 Å². The van der Waals surface area contributed by atoms with E-state index < -0.39 is 0 Å². The number of aromatic nitrogens is 4. The molecule has 7 aromatic carbocycles. The first-order valence-corrected chi connectivity index (χ1v) is 19.0. The summed E-state index contributed by atoms with van der Waals surface area (Å²) in [5.74, 6) is 0.582. The Bertz CT molecular complexity index is 2910. The van der Waals surface area contributed by atoms with E-state index in [1.54, 1.807) is 0 Å². The minimum Gasteiger partial charge on any atom is -0.308 e. The fraction of sp³-hybridized carbons (Fsp3) is 0.0784. The molecule has 0 saturated heterocycles. The summed E-state index contributed by atoms with van der Waals surface area (Å²) in [5.41, 5.74) is 15.4. The van der Waals surface area contributed by atoms with Crippen LogP contribution in [0.2, 0.25) is 0 Å². The topological polar surface area (TPSA) is 59.4 Å². The van der Waals surface area contributed by atoms with Gasteiger partial charge in [0.1, 0.15) is 11.6 Å². The summed E-state index contributed by atoms with van der Waals surface area (Å²) >= 11 is 0. The number of hydrogen-bond acceptors (Lipinski definition) is 3. The molecular formula is C51H37N5. The van der Waals surface area contributed by atoms with E-state index in [9.17, 15) is 5.26 Å². The molecule has 0 amide bonds. The number of fused-ring (bicyclic) bond motifs is 6. The molecule has 0 aliphatic carbocycles. The molecule has 0 atom stereocenters. The van der Waals surface area contributed by atoms with Crippen molar-refractivity contribution in [3.8, 4) is 51.3 Å². The van der Waals surface area contributed by atoms with Crippen LogP contribution in [-0.4, -0.2) is 19.1 Å². The maximum atomic E-state index is 11.4. The van der Waals surface area contributed by atoms with E-state index in [4.69, 9.17) is 9.97 Å². The summed E-state index contributed by atoms with van der Waals surface area (Å²) in [4.78, 5) is 10.6. The molecule has 0 spiro atoms. The van der Waals surface area contributed by atoms with E-state index in [1.165, 1.54) is 0 Å². The van der Waals surface area contributed by atoms with Gasteiger partial charge in [0.05, 0.1) is 44.8 Å². The summed E-state index contributed by atoms with van der Waals surface area (Å²) in [6.07, 6.45) is 0. The summed E-state index contributed by atoms with van der Waals surface area (Å²) in [5, 5.41) is 16.0. The van der Waals surface area contributed by atoms with Crippen molar-refractivity contribution in [2.45, 2.75) is 27.7 Å². The monoisotopic (exact) mass is 719 g/mol. The normalized spacial score (nSPS) is 11.6. The lowest BCUT2D eigenvalue weighted by atomic mass is 10.0. The van der Waals surface area contributed by atoms with Crippen LogP contribution >= 0.6 is 0 Å². The third-order valence-corrected chi connectivity index (χ3v) is 11.0. The lowest BCUT2D eigenvalue weighted by molar-refractivity contribution is 1.10. The molecule has 0 aliphatic heterocycles. The highest BCUT2D eigenvalue weighted by Crippen LogP contribution is 2.41. The zero-order valence-corrected chi connectivity index (χ0v) is 31.7. The summed E-state index contributed by atoms with van der Waals surface area (Å²) in [6.45, 7) is 8.49. The molecule has 0 aliphatic rings. The van der Waals surface area contributed by atoms with Gasteiger partial charge in [0.2, 0.25) is 0 Å². The molecule has 10 aromatic rings. The SMILES string of the molecule is Cc1ccc2c3ccc(C)cc3n(-c3cc(-c4nc(-c5ccccc5)cc(-c5ccccc5)n4)cc(-n4c5cc(C)ccc5c5ccc(C)cc54)c3C#N)c2c1. The molecule has 0 unspecified atom stereocenters. The molecule has 3 aromatic heterocycles. The first-order valence-electron chi connectivity index (χ1n) is 19.0. The Balaban J connectivity index is 1.38. The Morgan fingerprint density at radius 3 is 1.11 bits per heavy atom. The molecule has 0 N–H and O–H groups in total. The average Bonchev–Trinajstić information content (AvgIpc) is 3.70. The number of nitrogens with zero attached hydrogens (tertiary/aromatic N) is 5. The number of hydrogen-bond donors (Lipinski definition) is 0. The minimum atomic E-state index is 0.569. The highest BCUT2D eigenvalue weighted by molar-refractivity contribution is 6.11. The zero-order valence-electron chi connectivity index (χ0n) is 31.7. The van der Waals surface area contributed by atoms with Crippen molar-refractivity contribution < 1.29 is 0 Å². The van der Waals surface area contributed by atoms with Crippen molar-refractivity contribution in [1.82, 2.24) is 19.1 Å². The Morgan fingerprint density at radius 2 is 0.768 bits per heavy atom. The molecule has 0 fully saturated rings. The molecule has 0 bridgehead atoms. The summed E-state index contributed by atoms with van der Waals surface area (Å²) < 4.78 is 4.56. The quantitative estimate of drug-likeness (QED) is 0.178. The molecule has 3 heterocycles. The third kappa shape index (κ3) is 5.38. The molecule has 0 saturated carbocycles. The smallest absolute Gasteiger partial charge is 0.160 e. The summed E-state index contributed by atoms with van der Waals surface area (Å²) in [7, 11) is 0. The van der Waals surface area contributed by atoms with Gasteiger partial charge in [-0.3, -0.25) is 0 Å². The fourth-order valence-electron chi connectivity index (χ4n) is 8.29. The van der Waals surface area contributed by atoms with Gasteiger partial charge in [0.25, 0.3) is 0 Å². The van der Waals surface area contributed by atoms with E-state index >= 15 is 0 Å². The fourth-order valence-corrected chi connectivity index (χ4v) is 8.29. The van der Waals surface area contributed by atoms with Crippen molar-refractivity contribution in [2.75, 3.05) is 0 Å². The Hall–Kier alpha value is -7.29. The van der Waals surface area contributed by atoms with Gasteiger partial charge in [-0.15, -0.1) is 0 Å². The second kappa shape index (κ2) is 12.9. The van der Waals surface area contributed by atoms with Gasteiger partial charge in [0.15, 0.2) is 5.82 Å². The third-order valence-electron chi connectivity index (χ3n) is 11.0. The van der Waals surface area contributed by atoms with Gasteiger partial charge in [-0.25, -0.2) is 9.97 Å². The molecule has 10 rings (SSSR count). The predicted octanol–water partition coefficient (Wildman–Crippen LogP) is 12.8. The van der Waals surface area contributed by atoms with Crippen LogP contribution in [0.4, 0.5) is 0 Å². The van der Waals surface area contributed by atoms with E-state index in [-0.39, 0.29) is 0 Å². The largest absolute Gasteiger partial charge is 0.308 e. The lowest BCUT2D eigenvalue weighted by Gasteiger charge is -2.19. The van der Waals surface area contributed by atoms with Crippen LogP contribution in [0.1, 0.15) is 27.8 Å². The second-order valence-corrected chi connectivity index (χ2v) is 14.9. The molecule has 5 heteroatoms. The first kappa shape index (κ1) is 33.3. The van der Waals surface area contributed by atoms with Gasteiger partial charge in [-0.2, -0.15) is 5.26 Å². The van der Waals surface area contributed by atoms with Crippen molar-refractivity contribution >= 4 is 43.6 Å². The predicted molar refractivity (Wildman–Crippen MR) is 231 cm³/mol. The molecular weight excluding hydrogens is 683 g/mol. The highest BCUT2D eigenvalue weighted by atomic mass is 15.0. The van der Waals surface area contributed by atoms with Crippen molar-refractivity contribution in [2.24, 2.45) is 0 Å². The maximum Gasteiger partial charge on any atom is 0.160 e. The maximum absolute atomic E-state index is 11.4. The van der Waals surface area contributed by atoms with Gasteiger partial charge in [-0.05, 0) is 92.4 Å². The van der Waals surface area contributed by atoms with E-state index in [0.717, 1.165) is 105 Å². The van der Waals surface area contributed by atoms with Crippen LogP contribution < -0.4 is 0 Å². The Kier molecular flexibility index (Phi) is 7.69. The van der Waals surface area contributed by atoms with E-state index in [0.29, 0.717) is 11.4 Å². The average molecular weight is 720 g/mol. The lowest BCUT2D eigenvalue weighted by Crippen LogP contribution is -2.06. The van der Waals surface area contributed by atoms with E-state index in [2.05, 4.69) is 158 Å². The second-order valence-electron chi connectivity index (χ2n) is 14.9.